The van der Waals surface area contributed by atoms with Crippen molar-refractivity contribution in [2.24, 2.45) is 0 Å². The van der Waals surface area contributed by atoms with Crippen LogP contribution in [0.15, 0.2) is 54.6 Å². The molecular weight excluding hydrogens is 435 g/mol. The number of carbonyl (C=O) groups excluding carboxylic acids is 3. The molecule has 10 heteroatoms. The van der Waals surface area contributed by atoms with E-state index in [0.29, 0.717) is 24.0 Å². The van der Waals surface area contributed by atoms with Gasteiger partial charge in [0.2, 0.25) is 0 Å². The second-order valence-corrected chi connectivity index (χ2v) is 9.39. The maximum absolute atomic E-state index is 12.4. The Morgan fingerprint density at radius 2 is 1.62 bits per heavy atom. The van der Waals surface area contributed by atoms with Crippen LogP contribution in [0.2, 0.25) is 0 Å². The van der Waals surface area contributed by atoms with E-state index in [1.165, 1.54) is 0 Å². The smallest absolute Gasteiger partial charge is 0.408 e. The molecule has 0 radical (unpaired) electrons. The minimum Gasteiger partial charge on any atom is -0.445 e. The van der Waals surface area contributed by atoms with Gasteiger partial charge in [0, 0.05) is 13.7 Å². The van der Waals surface area contributed by atoms with Gasteiger partial charge >= 0.3 is 13.7 Å². The number of benzene rings is 2. The zero-order valence-corrected chi connectivity index (χ0v) is 18.5. The number of ether oxygens (including phenoxy) is 1. The van der Waals surface area contributed by atoms with Gasteiger partial charge in [0.25, 0.3) is 11.8 Å². The highest BCUT2D eigenvalue weighted by Crippen LogP contribution is 2.47. The maximum atomic E-state index is 12.4. The summed E-state index contributed by atoms with van der Waals surface area (Å²) in [6.07, 6.45) is 0.0216. The van der Waals surface area contributed by atoms with Crippen molar-refractivity contribution in [1.82, 2.24) is 10.2 Å². The van der Waals surface area contributed by atoms with Gasteiger partial charge in [-0.3, -0.25) is 19.1 Å². The summed E-state index contributed by atoms with van der Waals surface area (Å²) in [7, 11) is -3.04. The Morgan fingerprint density at radius 3 is 2.22 bits per heavy atom. The number of rotatable bonds is 10. The summed E-state index contributed by atoms with van der Waals surface area (Å²) >= 11 is 0. The second kappa shape index (κ2) is 10.5. The van der Waals surface area contributed by atoms with E-state index in [2.05, 4.69) is 5.32 Å². The van der Waals surface area contributed by atoms with Gasteiger partial charge in [-0.25, -0.2) is 4.79 Å². The van der Waals surface area contributed by atoms with E-state index in [1.54, 1.807) is 48.5 Å². The van der Waals surface area contributed by atoms with Crippen LogP contribution in [-0.2, 0) is 20.4 Å². The second-order valence-electron chi connectivity index (χ2n) is 7.27. The van der Waals surface area contributed by atoms with Crippen molar-refractivity contribution in [2.75, 3.05) is 13.7 Å². The van der Waals surface area contributed by atoms with E-state index in [4.69, 9.17) is 9.26 Å². The molecule has 9 nitrogen and oxygen atoms in total. The summed E-state index contributed by atoms with van der Waals surface area (Å²) in [5.41, 5.74) is 1.52. The Hall–Kier alpha value is -3.00. The molecule has 170 valence electrons. The monoisotopic (exact) mass is 460 g/mol. The number of imide groups is 1. The van der Waals surface area contributed by atoms with E-state index < -0.39 is 19.5 Å². The van der Waals surface area contributed by atoms with Crippen LogP contribution in [0.1, 0.15) is 45.5 Å². The number of hydrogen-bond acceptors (Lipinski definition) is 6. The lowest BCUT2D eigenvalue weighted by Crippen LogP contribution is -2.36. The summed E-state index contributed by atoms with van der Waals surface area (Å²) in [4.78, 5) is 48.2. The van der Waals surface area contributed by atoms with Crippen LogP contribution in [0.5, 0.6) is 0 Å². The minimum atomic E-state index is -4.13. The van der Waals surface area contributed by atoms with E-state index in [1.807, 2.05) is 6.07 Å². The van der Waals surface area contributed by atoms with Crippen LogP contribution in [0.3, 0.4) is 0 Å². The molecule has 1 aliphatic rings. The first-order chi connectivity index (χ1) is 15.3. The van der Waals surface area contributed by atoms with E-state index >= 15 is 0 Å². The van der Waals surface area contributed by atoms with Crippen molar-refractivity contribution in [3.05, 3.63) is 71.3 Å². The van der Waals surface area contributed by atoms with Gasteiger partial charge in [0.05, 0.1) is 11.1 Å². The normalized spacial score (nSPS) is 15.8. The average molecular weight is 460 g/mol. The summed E-state index contributed by atoms with van der Waals surface area (Å²) < 4.78 is 22.1. The number of unbranched alkanes of at least 4 members (excludes halogenated alkanes) is 1. The highest BCUT2D eigenvalue weighted by atomic mass is 31.2. The van der Waals surface area contributed by atoms with Crippen LogP contribution < -0.4 is 5.32 Å². The quantitative estimate of drug-likeness (QED) is 0.316. The van der Waals surface area contributed by atoms with Gasteiger partial charge in [-0.2, -0.15) is 0 Å². The van der Waals surface area contributed by atoms with Crippen LogP contribution in [0.25, 0.3) is 0 Å². The molecule has 3 amide bonds. The summed E-state index contributed by atoms with van der Waals surface area (Å²) in [5, 5.41) is 2.39. The van der Waals surface area contributed by atoms with Crippen LogP contribution in [0, 0.1) is 0 Å². The van der Waals surface area contributed by atoms with E-state index in [-0.39, 0.29) is 31.4 Å². The molecule has 0 bridgehead atoms. The molecule has 3 rings (SSSR count). The highest BCUT2D eigenvalue weighted by molar-refractivity contribution is 7.53. The number of fused-ring (bicyclic) bond motifs is 1. The lowest BCUT2D eigenvalue weighted by Gasteiger charge is -2.22. The van der Waals surface area contributed by atoms with Gasteiger partial charge in [-0.15, -0.1) is 0 Å². The summed E-state index contributed by atoms with van der Waals surface area (Å²) in [6.45, 7) is 0.183. The molecule has 2 N–H and O–H groups in total. The molecule has 1 heterocycles. The first kappa shape index (κ1) is 23.7. The number of hydrogen-bond donors (Lipinski definition) is 2. The Bertz CT molecular complexity index is 993. The van der Waals surface area contributed by atoms with Gasteiger partial charge in [0.15, 0.2) is 0 Å². The summed E-state index contributed by atoms with van der Waals surface area (Å²) in [6, 6.07) is 15.6. The Kier molecular flexibility index (Phi) is 7.80. The van der Waals surface area contributed by atoms with Gasteiger partial charge < -0.3 is 19.5 Å². The van der Waals surface area contributed by atoms with E-state index in [9.17, 15) is 23.8 Å². The predicted molar refractivity (Wildman–Crippen MR) is 116 cm³/mol. The molecule has 2 unspecified atom stereocenters. The lowest BCUT2D eigenvalue weighted by atomic mass is 10.1. The SMILES string of the molecule is COP(=O)(O)C(CCCCN1C(=O)c2ccccc2C1=O)NC(=O)OCc1ccccc1. The zero-order valence-electron chi connectivity index (χ0n) is 17.6. The fraction of sp³-hybridized carbons (Fsp3) is 0.318. The van der Waals surface area contributed by atoms with Crippen molar-refractivity contribution in [3.63, 3.8) is 0 Å². The standard InChI is InChI=1S/C22H25N2O7P/c1-30-32(28,29)19(23-22(27)31-15-16-9-3-2-4-10-16)13-7-8-14-24-20(25)17-11-5-6-12-18(17)21(24)26/h2-6,9-12,19H,7-8,13-15H2,1H3,(H,23,27)(H,28,29). The number of carbonyl (C=O) groups is 3. The molecule has 32 heavy (non-hydrogen) atoms. The van der Waals surface area contributed by atoms with Crippen molar-refractivity contribution in [3.8, 4) is 0 Å². The van der Waals surface area contributed by atoms with E-state index in [0.717, 1.165) is 17.6 Å². The first-order valence-electron chi connectivity index (χ1n) is 10.1. The Balaban J connectivity index is 1.50. The van der Waals surface area contributed by atoms with Crippen LogP contribution in [0.4, 0.5) is 4.79 Å². The third kappa shape index (κ3) is 5.62. The Morgan fingerprint density at radius 1 is 1.03 bits per heavy atom. The largest absolute Gasteiger partial charge is 0.445 e. The number of nitrogens with one attached hydrogen (secondary N) is 1. The van der Waals surface area contributed by atoms with Crippen molar-refractivity contribution in [2.45, 2.75) is 31.7 Å². The van der Waals surface area contributed by atoms with Crippen molar-refractivity contribution < 1.29 is 33.1 Å². The number of alkyl carbamates (subject to hydrolysis) is 1. The van der Waals surface area contributed by atoms with Crippen LogP contribution in [-0.4, -0.2) is 47.1 Å². The fourth-order valence-electron chi connectivity index (χ4n) is 3.39. The maximum Gasteiger partial charge on any atom is 0.408 e. The Labute approximate surface area is 185 Å². The third-order valence-corrected chi connectivity index (χ3v) is 6.84. The first-order valence-corrected chi connectivity index (χ1v) is 11.8. The topological polar surface area (TPSA) is 122 Å². The molecule has 0 saturated carbocycles. The molecule has 2 atom stereocenters. The molecule has 2 aromatic carbocycles. The molecule has 0 fully saturated rings. The van der Waals surface area contributed by atoms with Crippen molar-refractivity contribution in [1.29, 1.82) is 0 Å². The predicted octanol–water partition coefficient (Wildman–Crippen LogP) is 3.54. The molecule has 1 aliphatic heterocycles. The zero-order chi connectivity index (χ0) is 23.1. The minimum absolute atomic E-state index is 0.0157. The van der Waals surface area contributed by atoms with Gasteiger partial charge in [-0.1, -0.05) is 42.5 Å². The average Bonchev–Trinajstić information content (AvgIpc) is 3.05. The summed E-state index contributed by atoms with van der Waals surface area (Å²) in [5.74, 6) is -1.89. The number of nitrogens with zero attached hydrogens (tertiary/aromatic N) is 1. The number of amides is 3. The molecule has 0 spiro atoms. The van der Waals surface area contributed by atoms with Crippen LogP contribution >= 0.6 is 7.60 Å². The molecule has 0 saturated heterocycles. The lowest BCUT2D eigenvalue weighted by molar-refractivity contribution is 0.0651. The molecule has 0 aromatic heterocycles. The van der Waals surface area contributed by atoms with Crippen molar-refractivity contribution >= 4 is 25.5 Å². The molecular formula is C22H25N2O7P. The highest BCUT2D eigenvalue weighted by Gasteiger charge is 2.35. The molecule has 2 aromatic rings. The molecule has 0 aliphatic carbocycles. The third-order valence-electron chi connectivity index (χ3n) is 5.14. The van der Waals surface area contributed by atoms with Gasteiger partial charge in [-0.05, 0) is 37.0 Å². The van der Waals surface area contributed by atoms with Gasteiger partial charge in [0.1, 0.15) is 12.4 Å². The fourth-order valence-corrected chi connectivity index (χ4v) is 4.43.